The molecule has 0 amide bonds. The highest BCUT2D eigenvalue weighted by Crippen LogP contribution is 2.18. The molecule has 0 aliphatic heterocycles. The van der Waals surface area contributed by atoms with Gasteiger partial charge >= 0.3 is 0 Å². The van der Waals surface area contributed by atoms with Gasteiger partial charge in [0.05, 0.1) is 6.04 Å². The number of nitrogens with one attached hydrogen (secondary N) is 1. The van der Waals surface area contributed by atoms with Crippen LogP contribution in [0, 0.1) is 13.8 Å². The van der Waals surface area contributed by atoms with Crippen LogP contribution in [-0.4, -0.2) is 29.5 Å². The molecule has 1 atom stereocenters. The minimum atomic E-state index is -0.122. The van der Waals surface area contributed by atoms with E-state index in [1.165, 1.54) is 0 Å². The van der Waals surface area contributed by atoms with E-state index in [0.717, 1.165) is 11.5 Å². The van der Waals surface area contributed by atoms with Crippen LogP contribution >= 0.6 is 0 Å². The average molecular weight is 284 g/mol. The van der Waals surface area contributed by atoms with Crippen molar-refractivity contribution in [1.82, 2.24) is 29.5 Å². The van der Waals surface area contributed by atoms with Crippen molar-refractivity contribution in [2.45, 2.75) is 26.8 Å². The second kappa shape index (κ2) is 4.97. The van der Waals surface area contributed by atoms with Gasteiger partial charge in [-0.1, -0.05) is 0 Å². The van der Waals surface area contributed by atoms with E-state index in [-0.39, 0.29) is 6.04 Å². The second-order valence-corrected chi connectivity index (χ2v) is 4.86. The van der Waals surface area contributed by atoms with E-state index in [1.54, 1.807) is 16.8 Å². The predicted octanol–water partition coefficient (Wildman–Crippen LogP) is 1.29. The number of anilines is 2. The molecular weight excluding hydrogens is 268 g/mol. The molecule has 0 radical (unpaired) electrons. The number of fused-ring (bicyclic) bond motifs is 1. The summed E-state index contributed by atoms with van der Waals surface area (Å²) in [5.41, 5.74) is 6.55. The number of rotatable bonds is 3. The number of aromatic nitrogens is 6. The highest BCUT2D eigenvalue weighted by molar-refractivity contribution is 5.46. The van der Waals surface area contributed by atoms with E-state index in [9.17, 15) is 0 Å². The molecule has 0 fully saturated rings. The first kappa shape index (κ1) is 13.2. The number of hydrogen-bond donors (Lipinski definition) is 2. The first-order chi connectivity index (χ1) is 10.0. The molecule has 108 valence electrons. The molecule has 1 unspecified atom stereocenters. The van der Waals surface area contributed by atoms with Crippen molar-refractivity contribution in [3.8, 4) is 0 Å². The summed E-state index contributed by atoms with van der Waals surface area (Å²) in [5, 5.41) is 7.66. The molecule has 0 aliphatic carbocycles. The molecule has 3 aromatic rings. The summed E-state index contributed by atoms with van der Waals surface area (Å²) in [4.78, 5) is 17.1. The number of nitrogens with zero attached hydrogens (tertiary/aromatic N) is 6. The molecule has 0 bridgehead atoms. The highest BCUT2D eigenvalue weighted by Gasteiger charge is 2.13. The summed E-state index contributed by atoms with van der Waals surface area (Å²) in [6, 6.07) is 3.44. The lowest BCUT2D eigenvalue weighted by atomic mass is 10.3. The highest BCUT2D eigenvalue weighted by atomic mass is 15.4. The summed E-state index contributed by atoms with van der Waals surface area (Å²) in [7, 11) is 0. The van der Waals surface area contributed by atoms with Crippen molar-refractivity contribution in [3.63, 3.8) is 0 Å². The molecule has 3 N–H and O–H groups in total. The predicted molar refractivity (Wildman–Crippen MR) is 78.7 cm³/mol. The Balaban J connectivity index is 1.97. The van der Waals surface area contributed by atoms with Gasteiger partial charge in [0.2, 0.25) is 0 Å². The lowest BCUT2D eigenvalue weighted by Gasteiger charge is -2.15. The van der Waals surface area contributed by atoms with Gasteiger partial charge in [-0.05, 0) is 26.8 Å². The Labute approximate surface area is 121 Å². The van der Waals surface area contributed by atoms with E-state index in [2.05, 4.69) is 30.4 Å². The van der Waals surface area contributed by atoms with E-state index in [1.807, 2.05) is 26.8 Å². The molecule has 3 aromatic heterocycles. The van der Waals surface area contributed by atoms with Gasteiger partial charge in [0, 0.05) is 18.0 Å². The second-order valence-electron chi connectivity index (χ2n) is 4.86. The number of nitrogens with two attached hydrogens (primary N) is 1. The fourth-order valence-corrected chi connectivity index (χ4v) is 2.07. The zero-order valence-electron chi connectivity index (χ0n) is 12.1. The van der Waals surface area contributed by atoms with Crippen molar-refractivity contribution < 1.29 is 0 Å². The van der Waals surface area contributed by atoms with Crippen LogP contribution in [-0.2, 0) is 0 Å². The zero-order valence-corrected chi connectivity index (χ0v) is 12.1. The molecule has 0 aromatic carbocycles. The van der Waals surface area contributed by atoms with Crippen LogP contribution < -0.4 is 11.1 Å². The Hall–Kier alpha value is -2.77. The Morgan fingerprint density at radius 1 is 1.24 bits per heavy atom. The van der Waals surface area contributed by atoms with Gasteiger partial charge in [-0.3, -0.25) is 0 Å². The molecule has 0 aliphatic rings. The Morgan fingerprint density at radius 3 is 2.81 bits per heavy atom. The third-order valence-corrected chi connectivity index (χ3v) is 2.99. The van der Waals surface area contributed by atoms with Crippen molar-refractivity contribution in [1.29, 1.82) is 0 Å². The SMILES string of the molecule is Cc1cc(NC(C)c2nccc(N)n2)n2nc(C)nc2n1. The lowest BCUT2D eigenvalue weighted by Crippen LogP contribution is -2.14. The van der Waals surface area contributed by atoms with E-state index < -0.39 is 0 Å². The summed E-state index contributed by atoms with van der Waals surface area (Å²) in [5.74, 6) is 3.09. The summed E-state index contributed by atoms with van der Waals surface area (Å²) in [6.07, 6.45) is 1.64. The van der Waals surface area contributed by atoms with Crippen LogP contribution in [0.2, 0.25) is 0 Å². The van der Waals surface area contributed by atoms with Crippen LogP contribution in [0.25, 0.3) is 5.78 Å². The summed E-state index contributed by atoms with van der Waals surface area (Å²) in [6.45, 7) is 5.70. The number of aryl methyl sites for hydroxylation is 2. The fourth-order valence-electron chi connectivity index (χ4n) is 2.07. The minimum Gasteiger partial charge on any atom is -0.384 e. The minimum absolute atomic E-state index is 0.122. The first-order valence-electron chi connectivity index (χ1n) is 6.59. The van der Waals surface area contributed by atoms with Gasteiger partial charge in [0.1, 0.15) is 17.5 Å². The van der Waals surface area contributed by atoms with Gasteiger partial charge in [-0.25, -0.2) is 15.0 Å². The molecule has 0 saturated heterocycles. The maximum atomic E-state index is 5.69. The third-order valence-electron chi connectivity index (χ3n) is 2.99. The Kier molecular flexibility index (Phi) is 3.13. The van der Waals surface area contributed by atoms with Crippen molar-refractivity contribution in [2.75, 3.05) is 11.1 Å². The number of nitrogen functional groups attached to an aromatic ring is 1. The van der Waals surface area contributed by atoms with E-state index in [0.29, 0.717) is 23.2 Å². The van der Waals surface area contributed by atoms with Crippen LogP contribution in [0.15, 0.2) is 18.3 Å². The van der Waals surface area contributed by atoms with Gasteiger partial charge in [-0.2, -0.15) is 9.50 Å². The largest absolute Gasteiger partial charge is 0.384 e. The standard InChI is InChI=1S/C13H16N8/c1-7-6-11(21-13(16-7)18-9(3)20-21)17-8(2)12-15-5-4-10(14)19-12/h4-6,8,17H,1-3H3,(H2,14,15,19). The maximum absolute atomic E-state index is 5.69. The molecule has 8 nitrogen and oxygen atoms in total. The molecule has 0 spiro atoms. The van der Waals surface area contributed by atoms with Crippen molar-refractivity contribution >= 4 is 17.4 Å². The maximum Gasteiger partial charge on any atom is 0.254 e. The van der Waals surface area contributed by atoms with Crippen LogP contribution in [0.4, 0.5) is 11.6 Å². The lowest BCUT2D eigenvalue weighted by molar-refractivity contribution is 0.771. The first-order valence-corrected chi connectivity index (χ1v) is 6.59. The molecule has 8 heteroatoms. The van der Waals surface area contributed by atoms with Crippen LogP contribution in [0.3, 0.4) is 0 Å². The molecular formula is C13H16N8. The van der Waals surface area contributed by atoms with Gasteiger partial charge in [-0.15, -0.1) is 5.10 Å². The topological polar surface area (TPSA) is 107 Å². The number of hydrogen-bond acceptors (Lipinski definition) is 7. The monoisotopic (exact) mass is 284 g/mol. The van der Waals surface area contributed by atoms with Gasteiger partial charge < -0.3 is 11.1 Å². The van der Waals surface area contributed by atoms with Crippen molar-refractivity contribution in [3.05, 3.63) is 35.7 Å². The molecule has 21 heavy (non-hydrogen) atoms. The third kappa shape index (κ3) is 2.60. The normalized spacial score (nSPS) is 12.5. The van der Waals surface area contributed by atoms with Crippen molar-refractivity contribution in [2.24, 2.45) is 0 Å². The van der Waals surface area contributed by atoms with E-state index >= 15 is 0 Å². The molecule has 3 rings (SSSR count). The van der Waals surface area contributed by atoms with Gasteiger partial charge in [0.25, 0.3) is 5.78 Å². The zero-order chi connectivity index (χ0) is 15.0. The molecule has 0 saturated carbocycles. The van der Waals surface area contributed by atoms with Crippen LogP contribution in [0.1, 0.15) is 30.3 Å². The van der Waals surface area contributed by atoms with Crippen LogP contribution in [0.5, 0.6) is 0 Å². The summed E-state index contributed by atoms with van der Waals surface area (Å²) >= 11 is 0. The Morgan fingerprint density at radius 2 is 2.05 bits per heavy atom. The fraction of sp³-hybridized carbons (Fsp3) is 0.308. The van der Waals surface area contributed by atoms with E-state index in [4.69, 9.17) is 5.73 Å². The van der Waals surface area contributed by atoms with Gasteiger partial charge in [0.15, 0.2) is 5.82 Å². The quantitative estimate of drug-likeness (QED) is 0.746. The summed E-state index contributed by atoms with van der Waals surface area (Å²) < 4.78 is 1.67. The molecule has 3 heterocycles. The average Bonchev–Trinajstić information content (AvgIpc) is 2.79. The Bertz CT molecular complexity index is 794. The smallest absolute Gasteiger partial charge is 0.254 e.